The Hall–Kier alpha value is -2.50. The standard InChI is InChI=1S/C15H16FN5/c1-3-14(20-10-4-9-17-20)15-18-11(2)19-21(15)13-7-5-12(16)6-8-13/h4-10,14H,3H2,1-2H3/t14-/m1/s1. The third-order valence-electron chi connectivity index (χ3n) is 3.34. The van der Waals surface area contributed by atoms with Crippen LogP contribution in [0.15, 0.2) is 42.7 Å². The Morgan fingerprint density at radius 3 is 2.62 bits per heavy atom. The van der Waals surface area contributed by atoms with Crippen molar-refractivity contribution >= 4 is 0 Å². The van der Waals surface area contributed by atoms with Gasteiger partial charge >= 0.3 is 0 Å². The van der Waals surface area contributed by atoms with E-state index in [2.05, 4.69) is 22.1 Å². The molecule has 3 aromatic rings. The molecule has 0 fully saturated rings. The van der Waals surface area contributed by atoms with Crippen molar-refractivity contribution < 1.29 is 4.39 Å². The molecule has 108 valence electrons. The maximum Gasteiger partial charge on any atom is 0.157 e. The van der Waals surface area contributed by atoms with E-state index in [1.807, 2.05) is 23.9 Å². The molecular formula is C15H16FN5. The van der Waals surface area contributed by atoms with Gasteiger partial charge in [-0.3, -0.25) is 4.68 Å². The molecule has 1 atom stereocenters. The van der Waals surface area contributed by atoms with Gasteiger partial charge in [-0.1, -0.05) is 6.92 Å². The minimum atomic E-state index is -0.267. The summed E-state index contributed by atoms with van der Waals surface area (Å²) >= 11 is 0. The van der Waals surface area contributed by atoms with E-state index < -0.39 is 0 Å². The Labute approximate surface area is 122 Å². The first-order chi connectivity index (χ1) is 10.2. The molecule has 0 amide bonds. The molecule has 2 aromatic heterocycles. The molecule has 6 heteroatoms. The van der Waals surface area contributed by atoms with Gasteiger partial charge in [-0.25, -0.2) is 14.1 Å². The minimum Gasteiger partial charge on any atom is -0.262 e. The highest BCUT2D eigenvalue weighted by Crippen LogP contribution is 2.22. The fourth-order valence-corrected chi connectivity index (χ4v) is 2.37. The number of aryl methyl sites for hydroxylation is 1. The molecule has 0 N–H and O–H groups in total. The molecule has 0 saturated carbocycles. The predicted octanol–water partition coefficient (Wildman–Crippen LogP) is 2.91. The monoisotopic (exact) mass is 285 g/mol. The molecule has 0 spiro atoms. The summed E-state index contributed by atoms with van der Waals surface area (Å²) in [4.78, 5) is 4.53. The summed E-state index contributed by atoms with van der Waals surface area (Å²) < 4.78 is 16.7. The summed E-state index contributed by atoms with van der Waals surface area (Å²) in [6, 6.07) is 8.11. The molecule has 0 aliphatic carbocycles. The van der Waals surface area contributed by atoms with Crippen LogP contribution in [0.4, 0.5) is 4.39 Å². The Kier molecular flexibility index (Phi) is 3.51. The second-order valence-corrected chi connectivity index (χ2v) is 4.82. The SMILES string of the molecule is CC[C@H](c1nc(C)nn1-c1ccc(F)cc1)n1cccn1. The molecular weight excluding hydrogens is 269 g/mol. The topological polar surface area (TPSA) is 48.5 Å². The van der Waals surface area contributed by atoms with Gasteiger partial charge in [0.15, 0.2) is 5.82 Å². The van der Waals surface area contributed by atoms with E-state index >= 15 is 0 Å². The third kappa shape index (κ3) is 2.56. The van der Waals surface area contributed by atoms with Crippen molar-refractivity contribution in [3.63, 3.8) is 0 Å². The van der Waals surface area contributed by atoms with Crippen molar-refractivity contribution in [2.45, 2.75) is 26.3 Å². The highest BCUT2D eigenvalue weighted by atomic mass is 19.1. The summed E-state index contributed by atoms with van der Waals surface area (Å²) in [7, 11) is 0. The molecule has 2 heterocycles. The fraction of sp³-hybridized carbons (Fsp3) is 0.267. The van der Waals surface area contributed by atoms with E-state index in [-0.39, 0.29) is 11.9 Å². The van der Waals surface area contributed by atoms with E-state index in [9.17, 15) is 4.39 Å². The summed E-state index contributed by atoms with van der Waals surface area (Å²) in [5, 5.41) is 8.73. The Morgan fingerprint density at radius 1 is 1.24 bits per heavy atom. The first-order valence-electron chi connectivity index (χ1n) is 6.87. The average Bonchev–Trinajstić information content (AvgIpc) is 3.11. The molecule has 0 bridgehead atoms. The summed E-state index contributed by atoms with van der Waals surface area (Å²) in [5.74, 6) is 1.21. The second-order valence-electron chi connectivity index (χ2n) is 4.82. The van der Waals surface area contributed by atoms with Crippen LogP contribution < -0.4 is 0 Å². The van der Waals surface area contributed by atoms with Crippen molar-refractivity contribution in [3.05, 3.63) is 60.2 Å². The van der Waals surface area contributed by atoms with Gasteiger partial charge in [-0.2, -0.15) is 10.2 Å². The third-order valence-corrected chi connectivity index (χ3v) is 3.34. The van der Waals surface area contributed by atoms with Crippen molar-refractivity contribution in [3.8, 4) is 5.69 Å². The molecule has 0 aliphatic rings. The van der Waals surface area contributed by atoms with E-state index in [1.165, 1.54) is 12.1 Å². The smallest absolute Gasteiger partial charge is 0.157 e. The van der Waals surface area contributed by atoms with Gasteiger partial charge in [0.1, 0.15) is 17.7 Å². The number of aromatic nitrogens is 5. The van der Waals surface area contributed by atoms with Gasteiger partial charge in [0.2, 0.25) is 0 Å². The Bertz CT molecular complexity index is 715. The van der Waals surface area contributed by atoms with Crippen LogP contribution in [-0.4, -0.2) is 24.5 Å². The molecule has 0 radical (unpaired) electrons. The van der Waals surface area contributed by atoms with Gasteiger partial charge in [0, 0.05) is 12.4 Å². The first-order valence-corrected chi connectivity index (χ1v) is 6.87. The summed E-state index contributed by atoms with van der Waals surface area (Å²) in [5.41, 5.74) is 0.789. The van der Waals surface area contributed by atoms with Crippen LogP contribution in [-0.2, 0) is 0 Å². The zero-order valence-corrected chi connectivity index (χ0v) is 11.9. The highest BCUT2D eigenvalue weighted by Gasteiger charge is 2.20. The van der Waals surface area contributed by atoms with Crippen molar-refractivity contribution in [1.82, 2.24) is 24.5 Å². The number of hydrogen-bond acceptors (Lipinski definition) is 3. The average molecular weight is 285 g/mol. The Morgan fingerprint density at radius 2 is 2.00 bits per heavy atom. The van der Waals surface area contributed by atoms with Gasteiger partial charge in [0.25, 0.3) is 0 Å². The van der Waals surface area contributed by atoms with Crippen molar-refractivity contribution in [1.29, 1.82) is 0 Å². The molecule has 0 unspecified atom stereocenters. The maximum absolute atomic E-state index is 13.1. The number of halogens is 1. The van der Waals surface area contributed by atoms with Gasteiger partial charge < -0.3 is 0 Å². The normalized spacial score (nSPS) is 12.5. The van der Waals surface area contributed by atoms with Crippen LogP contribution in [0.25, 0.3) is 5.69 Å². The zero-order valence-electron chi connectivity index (χ0n) is 11.9. The van der Waals surface area contributed by atoms with Crippen LogP contribution in [0.5, 0.6) is 0 Å². The quantitative estimate of drug-likeness (QED) is 0.740. The van der Waals surface area contributed by atoms with E-state index in [1.54, 1.807) is 23.0 Å². The van der Waals surface area contributed by atoms with Crippen LogP contribution >= 0.6 is 0 Å². The van der Waals surface area contributed by atoms with Crippen molar-refractivity contribution in [2.24, 2.45) is 0 Å². The van der Waals surface area contributed by atoms with Crippen LogP contribution in [0.1, 0.15) is 31.0 Å². The van der Waals surface area contributed by atoms with Crippen LogP contribution in [0.3, 0.4) is 0 Å². The van der Waals surface area contributed by atoms with E-state index in [0.717, 1.165) is 17.9 Å². The Balaban J connectivity index is 2.08. The molecule has 5 nitrogen and oxygen atoms in total. The summed E-state index contributed by atoms with van der Waals surface area (Å²) in [6.07, 6.45) is 4.49. The fourth-order valence-electron chi connectivity index (χ4n) is 2.37. The number of rotatable bonds is 4. The van der Waals surface area contributed by atoms with Crippen molar-refractivity contribution in [2.75, 3.05) is 0 Å². The lowest BCUT2D eigenvalue weighted by atomic mass is 10.2. The molecule has 0 saturated heterocycles. The van der Waals surface area contributed by atoms with Crippen LogP contribution in [0.2, 0.25) is 0 Å². The lowest BCUT2D eigenvalue weighted by molar-refractivity contribution is 0.474. The lowest BCUT2D eigenvalue weighted by Gasteiger charge is -2.16. The predicted molar refractivity (Wildman–Crippen MR) is 76.7 cm³/mol. The highest BCUT2D eigenvalue weighted by molar-refractivity contribution is 5.32. The summed E-state index contributed by atoms with van der Waals surface area (Å²) in [6.45, 7) is 3.92. The molecule has 3 rings (SSSR count). The van der Waals surface area contributed by atoms with E-state index in [4.69, 9.17) is 0 Å². The van der Waals surface area contributed by atoms with Crippen LogP contribution in [0, 0.1) is 12.7 Å². The first kappa shape index (κ1) is 13.5. The minimum absolute atomic E-state index is 0.00810. The van der Waals surface area contributed by atoms with Gasteiger partial charge in [-0.15, -0.1) is 0 Å². The van der Waals surface area contributed by atoms with E-state index in [0.29, 0.717) is 5.82 Å². The molecule has 1 aromatic carbocycles. The molecule has 21 heavy (non-hydrogen) atoms. The second kappa shape index (κ2) is 5.47. The number of benzene rings is 1. The zero-order chi connectivity index (χ0) is 14.8. The molecule has 0 aliphatic heterocycles. The number of nitrogens with zero attached hydrogens (tertiary/aromatic N) is 5. The maximum atomic E-state index is 13.1. The lowest BCUT2D eigenvalue weighted by Crippen LogP contribution is -2.16. The number of hydrogen-bond donors (Lipinski definition) is 0. The largest absolute Gasteiger partial charge is 0.262 e. The van der Waals surface area contributed by atoms with Gasteiger partial charge in [-0.05, 0) is 43.7 Å². The van der Waals surface area contributed by atoms with Gasteiger partial charge in [0.05, 0.1) is 5.69 Å².